The van der Waals surface area contributed by atoms with Gasteiger partial charge < -0.3 is 11.1 Å². The molecule has 0 aliphatic carbocycles. The van der Waals surface area contributed by atoms with Crippen molar-refractivity contribution in [3.63, 3.8) is 0 Å². The Bertz CT molecular complexity index is 1110. The number of rotatable bonds is 6. The summed E-state index contributed by atoms with van der Waals surface area (Å²) in [5.41, 5.74) is 2.09. The number of carbonyl (C=O) groups excluding carboxylic acids is 2. The van der Waals surface area contributed by atoms with E-state index in [1.165, 1.54) is 6.92 Å². The summed E-state index contributed by atoms with van der Waals surface area (Å²) in [6.45, 7) is 1.18. The lowest BCUT2D eigenvalue weighted by Crippen LogP contribution is -2.42. The zero-order valence-corrected chi connectivity index (χ0v) is 19.3. The van der Waals surface area contributed by atoms with E-state index < -0.39 is 47.3 Å². The van der Waals surface area contributed by atoms with Crippen LogP contribution in [-0.4, -0.2) is 24.0 Å². The molecule has 0 fully saturated rings. The second-order valence-corrected chi connectivity index (χ2v) is 8.27. The second-order valence-electron chi connectivity index (χ2n) is 7.08. The third kappa shape index (κ3) is 6.80. The third-order valence-electron chi connectivity index (χ3n) is 4.57. The van der Waals surface area contributed by atoms with Gasteiger partial charge in [-0.05, 0) is 42.3 Å². The molecule has 34 heavy (non-hydrogen) atoms. The van der Waals surface area contributed by atoms with Gasteiger partial charge in [0.15, 0.2) is 0 Å². The molecule has 0 saturated carbocycles. The van der Waals surface area contributed by atoms with Crippen LogP contribution in [0.15, 0.2) is 36.4 Å². The number of carbonyl (C=O) groups is 2. The van der Waals surface area contributed by atoms with E-state index in [0.29, 0.717) is 12.1 Å². The maximum absolute atomic E-state index is 13.7. The summed E-state index contributed by atoms with van der Waals surface area (Å²) in [4.78, 5) is 23.3. The predicted molar refractivity (Wildman–Crippen MR) is 117 cm³/mol. The molecule has 3 N–H and O–H groups in total. The van der Waals surface area contributed by atoms with Crippen molar-refractivity contribution in [2.24, 2.45) is 5.73 Å². The molecule has 0 aliphatic heterocycles. The van der Waals surface area contributed by atoms with E-state index in [1.54, 1.807) is 0 Å². The van der Waals surface area contributed by atoms with Gasteiger partial charge in [0.2, 0.25) is 5.91 Å². The topological polar surface area (TPSA) is 72.2 Å². The molecule has 0 aromatic heterocycles. The number of amides is 2. The molecule has 2 aromatic carbocycles. The van der Waals surface area contributed by atoms with Gasteiger partial charge in [-0.15, -0.1) is 0 Å². The van der Waals surface area contributed by atoms with Gasteiger partial charge in [0, 0.05) is 0 Å². The van der Waals surface area contributed by atoms with E-state index in [9.17, 15) is 35.9 Å². The minimum atomic E-state index is -5.02. The quantitative estimate of drug-likeness (QED) is 0.315. The first-order valence-corrected chi connectivity index (χ1v) is 10.4. The van der Waals surface area contributed by atoms with Crippen molar-refractivity contribution in [1.29, 1.82) is 0 Å². The molecule has 2 atom stereocenters. The Morgan fingerprint density at radius 1 is 1.00 bits per heavy atom. The Balaban J connectivity index is 2.49. The summed E-state index contributed by atoms with van der Waals surface area (Å²) >= 11 is 17.4. The van der Waals surface area contributed by atoms with Crippen molar-refractivity contribution in [2.75, 3.05) is 0 Å². The second kappa shape index (κ2) is 10.5. The number of benzene rings is 2. The molecule has 0 heterocycles. The molecule has 2 rings (SSSR count). The highest BCUT2D eigenvalue weighted by Crippen LogP contribution is 2.41. The Morgan fingerprint density at radius 2 is 1.56 bits per heavy atom. The normalized spacial score (nSPS) is 14.2. The molecule has 0 saturated heterocycles. The molecule has 2 unspecified atom stereocenters. The number of alkyl halides is 6. The summed E-state index contributed by atoms with van der Waals surface area (Å²) in [7, 11) is 0. The molecule has 0 aliphatic rings. The van der Waals surface area contributed by atoms with Crippen LogP contribution >= 0.6 is 34.8 Å². The maximum atomic E-state index is 13.7. The van der Waals surface area contributed by atoms with Crippen LogP contribution < -0.4 is 11.1 Å². The Kier molecular flexibility index (Phi) is 8.55. The van der Waals surface area contributed by atoms with E-state index in [2.05, 4.69) is 0 Å². The Morgan fingerprint density at radius 3 is 2.03 bits per heavy atom. The average molecular weight is 548 g/mol. The van der Waals surface area contributed by atoms with Crippen LogP contribution in [0, 0.1) is 0 Å². The number of nitrogens with one attached hydrogen (secondary N) is 1. The number of hydrogen-bond donors (Lipinski definition) is 2. The fraction of sp³-hybridized carbons (Fsp3) is 0.238. The summed E-state index contributed by atoms with van der Waals surface area (Å²) in [6, 6.07) is 2.96. The van der Waals surface area contributed by atoms with Crippen LogP contribution in [0.4, 0.5) is 26.3 Å². The van der Waals surface area contributed by atoms with E-state index in [4.69, 9.17) is 40.5 Å². The first-order valence-electron chi connectivity index (χ1n) is 9.23. The lowest BCUT2D eigenvalue weighted by Gasteiger charge is -2.19. The van der Waals surface area contributed by atoms with E-state index in [0.717, 1.165) is 30.3 Å². The van der Waals surface area contributed by atoms with Crippen LogP contribution in [0.3, 0.4) is 0 Å². The van der Waals surface area contributed by atoms with Crippen LogP contribution in [0.25, 0.3) is 6.08 Å². The largest absolute Gasteiger partial charge is 0.417 e. The zero-order chi connectivity index (χ0) is 26.0. The molecule has 2 amide bonds. The van der Waals surface area contributed by atoms with Crippen molar-refractivity contribution in [2.45, 2.75) is 31.2 Å². The monoisotopic (exact) mass is 546 g/mol. The lowest BCUT2D eigenvalue weighted by molar-refractivity contribution is -0.139. The van der Waals surface area contributed by atoms with Crippen molar-refractivity contribution in [1.82, 2.24) is 5.32 Å². The highest BCUT2D eigenvalue weighted by Gasteiger charge is 2.40. The number of primary amides is 1. The molecular weight excluding hydrogens is 533 g/mol. The summed E-state index contributed by atoms with van der Waals surface area (Å²) < 4.78 is 81.6. The van der Waals surface area contributed by atoms with Crippen molar-refractivity contribution < 1.29 is 35.9 Å². The van der Waals surface area contributed by atoms with E-state index in [1.807, 2.05) is 5.32 Å². The van der Waals surface area contributed by atoms with Gasteiger partial charge in [-0.3, -0.25) is 9.59 Å². The van der Waals surface area contributed by atoms with Crippen molar-refractivity contribution in [3.8, 4) is 0 Å². The average Bonchev–Trinajstić information content (AvgIpc) is 2.70. The third-order valence-corrected chi connectivity index (χ3v) is 5.76. The SMILES string of the molecule is CC(NC(=O)c1ccc(C=CC(c2cc(Cl)c(Cl)c(Cl)c2)C(F)(F)F)cc1C(F)(F)F)C(N)=O. The Labute approximate surface area is 204 Å². The highest BCUT2D eigenvalue weighted by molar-refractivity contribution is 6.48. The maximum Gasteiger partial charge on any atom is 0.417 e. The van der Waals surface area contributed by atoms with Gasteiger partial charge in [0.05, 0.1) is 32.1 Å². The molecule has 2 aromatic rings. The molecule has 0 spiro atoms. The standard InChI is InChI=1S/C21H15Cl3F6N2O2/c1-9(18(31)33)32-19(34)12-4-2-10(6-14(12)21(28,29)30)3-5-13(20(25,26)27)11-7-15(22)17(24)16(23)8-11/h2-9,13H,1H3,(H2,31,33)(H,32,34). The van der Waals surface area contributed by atoms with Crippen LogP contribution in [-0.2, 0) is 11.0 Å². The minimum absolute atomic E-state index is 0.147. The zero-order valence-electron chi connectivity index (χ0n) is 17.0. The van der Waals surface area contributed by atoms with Gasteiger partial charge in [-0.25, -0.2) is 0 Å². The molecule has 184 valence electrons. The molecule has 13 heteroatoms. The lowest BCUT2D eigenvalue weighted by atomic mass is 9.96. The minimum Gasteiger partial charge on any atom is -0.368 e. The van der Waals surface area contributed by atoms with Gasteiger partial charge in [-0.1, -0.05) is 53.0 Å². The van der Waals surface area contributed by atoms with Gasteiger partial charge in [0.25, 0.3) is 5.91 Å². The van der Waals surface area contributed by atoms with Crippen LogP contribution in [0.2, 0.25) is 15.1 Å². The predicted octanol–water partition coefficient (Wildman–Crippen LogP) is 6.63. The van der Waals surface area contributed by atoms with Crippen molar-refractivity contribution >= 4 is 52.7 Å². The van der Waals surface area contributed by atoms with Gasteiger partial charge in [-0.2, -0.15) is 26.3 Å². The number of halogens is 9. The first kappa shape index (κ1) is 27.8. The Hall–Kier alpha value is -2.43. The summed E-state index contributed by atoms with van der Waals surface area (Å²) in [5, 5.41) is 1.41. The van der Waals surface area contributed by atoms with Gasteiger partial charge >= 0.3 is 12.4 Å². The molecule has 0 bridgehead atoms. The summed E-state index contributed by atoms with van der Waals surface area (Å²) in [5.74, 6) is -4.47. The fourth-order valence-electron chi connectivity index (χ4n) is 2.81. The number of hydrogen-bond acceptors (Lipinski definition) is 2. The summed E-state index contributed by atoms with van der Waals surface area (Å²) in [6.07, 6.45) is -8.42. The fourth-order valence-corrected chi connectivity index (χ4v) is 3.43. The van der Waals surface area contributed by atoms with Crippen molar-refractivity contribution in [3.05, 3.63) is 73.7 Å². The number of nitrogens with two attached hydrogens (primary N) is 1. The van der Waals surface area contributed by atoms with Gasteiger partial charge in [0.1, 0.15) is 6.04 Å². The van der Waals surface area contributed by atoms with Crippen LogP contribution in [0.5, 0.6) is 0 Å². The number of allylic oxidation sites excluding steroid dienone is 1. The smallest absolute Gasteiger partial charge is 0.368 e. The van der Waals surface area contributed by atoms with E-state index >= 15 is 0 Å². The molecular formula is C21H15Cl3F6N2O2. The first-order chi connectivity index (χ1) is 15.5. The van der Waals surface area contributed by atoms with E-state index in [-0.39, 0.29) is 26.2 Å². The highest BCUT2D eigenvalue weighted by atomic mass is 35.5. The molecule has 4 nitrogen and oxygen atoms in total. The molecule has 0 radical (unpaired) electrons. The van der Waals surface area contributed by atoms with Crippen LogP contribution in [0.1, 0.15) is 39.9 Å².